The zero-order valence-corrected chi connectivity index (χ0v) is 9.79. The van der Waals surface area contributed by atoms with E-state index in [2.05, 4.69) is 9.97 Å². The summed E-state index contributed by atoms with van der Waals surface area (Å²) in [4.78, 5) is 19.7. The molecule has 1 N–H and O–H groups in total. The Balaban J connectivity index is 2.74. The van der Waals surface area contributed by atoms with Crippen molar-refractivity contribution in [1.29, 1.82) is 0 Å². The van der Waals surface area contributed by atoms with E-state index in [1.807, 2.05) is 0 Å². The predicted molar refractivity (Wildman–Crippen MR) is 55.4 cm³/mol. The van der Waals surface area contributed by atoms with Crippen LogP contribution < -0.4 is 5.56 Å². The van der Waals surface area contributed by atoms with Crippen LogP contribution in [0.1, 0.15) is 5.82 Å². The van der Waals surface area contributed by atoms with Gasteiger partial charge in [-0.25, -0.2) is 9.97 Å². The first-order chi connectivity index (χ1) is 7.79. The van der Waals surface area contributed by atoms with Crippen LogP contribution in [-0.4, -0.2) is 25.4 Å². The summed E-state index contributed by atoms with van der Waals surface area (Å²) < 4.78 is 48.2. The summed E-state index contributed by atoms with van der Waals surface area (Å²) in [6.45, 7) is 0. The highest BCUT2D eigenvalue weighted by Gasteiger charge is 2.35. The lowest BCUT2D eigenvalue weighted by Crippen LogP contribution is -2.18. The average molecular weight is 283 g/mol. The van der Waals surface area contributed by atoms with Crippen molar-refractivity contribution >= 4 is 32.5 Å². The molecule has 10 heteroatoms. The minimum Gasteiger partial charge on any atom is -0.301 e. The molecule has 0 spiro atoms. The Morgan fingerprint density at radius 1 is 1.35 bits per heavy atom. The maximum Gasteiger partial charge on any atom is 0.449 e. The number of nitrogens with one attached hydrogen (secondary N) is 1. The minimum atomic E-state index is -4.73. The van der Waals surface area contributed by atoms with Gasteiger partial charge in [-0.15, -0.1) is 0 Å². The maximum absolute atomic E-state index is 12.4. The average Bonchev–Trinajstić information content (AvgIpc) is 2.60. The van der Waals surface area contributed by atoms with E-state index in [1.165, 1.54) is 6.26 Å². The van der Waals surface area contributed by atoms with Crippen molar-refractivity contribution < 1.29 is 17.4 Å². The normalized spacial score (nSPS) is 14.1. The Morgan fingerprint density at radius 2 is 2.00 bits per heavy atom. The molecule has 0 fully saturated rings. The Labute approximate surface area is 98.2 Å². The predicted octanol–water partition coefficient (Wildman–Crippen LogP) is 1.14. The number of aromatic nitrogens is 3. The molecule has 2 heterocycles. The summed E-state index contributed by atoms with van der Waals surface area (Å²) >= 11 is 0.707. The molecule has 0 amide bonds. The summed E-state index contributed by atoms with van der Waals surface area (Å²) in [5.74, 6) is -1.38. The van der Waals surface area contributed by atoms with Crippen LogP contribution in [0.2, 0.25) is 0 Å². The summed E-state index contributed by atoms with van der Waals surface area (Å²) in [6, 6.07) is 0. The van der Waals surface area contributed by atoms with Crippen LogP contribution >= 0.6 is 11.3 Å². The van der Waals surface area contributed by atoms with E-state index in [1.54, 1.807) is 4.98 Å². The van der Waals surface area contributed by atoms with Crippen LogP contribution in [0, 0.1) is 0 Å². The fourth-order valence-corrected chi connectivity index (χ4v) is 2.67. The monoisotopic (exact) mass is 283 g/mol. The van der Waals surface area contributed by atoms with Gasteiger partial charge in [0.2, 0.25) is 5.82 Å². The molecule has 0 aliphatic rings. The zero-order valence-electron chi connectivity index (χ0n) is 8.16. The van der Waals surface area contributed by atoms with E-state index in [4.69, 9.17) is 0 Å². The van der Waals surface area contributed by atoms with E-state index in [-0.39, 0.29) is 14.7 Å². The van der Waals surface area contributed by atoms with Gasteiger partial charge in [0.15, 0.2) is 14.7 Å². The van der Waals surface area contributed by atoms with Crippen LogP contribution in [-0.2, 0) is 17.0 Å². The van der Waals surface area contributed by atoms with E-state index in [0.29, 0.717) is 11.3 Å². The van der Waals surface area contributed by atoms with Gasteiger partial charge in [-0.2, -0.15) is 13.2 Å². The number of halogens is 3. The van der Waals surface area contributed by atoms with Gasteiger partial charge in [-0.1, -0.05) is 11.3 Å². The van der Waals surface area contributed by atoms with Gasteiger partial charge in [-0.05, 0) is 0 Å². The fourth-order valence-electron chi connectivity index (χ4n) is 1.07. The number of thiazole rings is 1. The molecule has 0 aliphatic heterocycles. The second kappa shape index (κ2) is 3.88. The SMILES string of the molecule is CS(=O)c1nc2c(=O)[nH]c(C(F)(F)F)nc2s1. The lowest BCUT2D eigenvalue weighted by molar-refractivity contribution is -0.144. The Bertz CT molecular complexity index is 660. The largest absolute Gasteiger partial charge is 0.449 e. The second-order valence-electron chi connectivity index (χ2n) is 3.00. The number of aromatic amines is 1. The minimum absolute atomic E-state index is 0.0670. The van der Waals surface area contributed by atoms with Crippen LogP contribution in [0.25, 0.3) is 10.3 Å². The van der Waals surface area contributed by atoms with Crippen molar-refractivity contribution in [1.82, 2.24) is 15.0 Å². The molecule has 0 aliphatic carbocycles. The van der Waals surface area contributed by atoms with Crippen molar-refractivity contribution in [3.63, 3.8) is 0 Å². The molecule has 0 saturated heterocycles. The van der Waals surface area contributed by atoms with Crippen LogP contribution in [0.3, 0.4) is 0 Å². The molecule has 1 unspecified atom stereocenters. The molecule has 92 valence electrons. The fraction of sp³-hybridized carbons (Fsp3) is 0.286. The number of rotatable bonds is 1. The van der Waals surface area contributed by atoms with Gasteiger partial charge in [0, 0.05) is 6.26 Å². The molecule has 1 atom stereocenters. The smallest absolute Gasteiger partial charge is 0.301 e. The van der Waals surface area contributed by atoms with Crippen LogP contribution in [0.4, 0.5) is 13.2 Å². The highest BCUT2D eigenvalue weighted by molar-refractivity contribution is 7.86. The molecule has 2 aromatic rings. The maximum atomic E-state index is 12.4. The molecular formula is C7H4F3N3O2S2. The first-order valence-corrected chi connectivity index (χ1v) is 6.48. The summed E-state index contributed by atoms with van der Waals surface area (Å²) in [7, 11) is -1.46. The number of alkyl halides is 3. The lowest BCUT2D eigenvalue weighted by Gasteiger charge is -2.03. The first kappa shape index (κ1) is 12.2. The molecule has 17 heavy (non-hydrogen) atoms. The van der Waals surface area contributed by atoms with Crippen molar-refractivity contribution in [2.45, 2.75) is 10.5 Å². The molecule has 0 radical (unpaired) electrons. The molecule has 0 bridgehead atoms. The van der Waals surface area contributed by atoms with Crippen molar-refractivity contribution in [2.24, 2.45) is 0 Å². The van der Waals surface area contributed by atoms with Gasteiger partial charge in [0.25, 0.3) is 5.56 Å². The standard InChI is InChI=1S/C7H4F3N3O2S2/c1-17(15)6-11-2-3(14)12-5(7(8,9)10)13-4(2)16-6/h1H3,(H,12,13,14). The molecule has 2 rings (SSSR count). The second-order valence-corrected chi connectivity index (χ2v) is 5.53. The highest BCUT2D eigenvalue weighted by Crippen LogP contribution is 2.27. The highest BCUT2D eigenvalue weighted by atomic mass is 32.2. The third kappa shape index (κ3) is 2.22. The summed E-state index contributed by atoms with van der Waals surface area (Å²) in [6.07, 6.45) is -3.42. The Morgan fingerprint density at radius 3 is 2.53 bits per heavy atom. The summed E-state index contributed by atoms with van der Waals surface area (Å²) in [5.41, 5.74) is -1.22. The molecule has 2 aromatic heterocycles. The van der Waals surface area contributed by atoms with Crippen LogP contribution in [0.5, 0.6) is 0 Å². The number of hydrogen-bond donors (Lipinski definition) is 1. The van der Waals surface area contributed by atoms with Gasteiger partial charge in [0.05, 0.1) is 10.8 Å². The van der Waals surface area contributed by atoms with Gasteiger partial charge < -0.3 is 4.98 Å². The van der Waals surface area contributed by atoms with Crippen molar-refractivity contribution in [3.8, 4) is 0 Å². The topological polar surface area (TPSA) is 75.7 Å². The van der Waals surface area contributed by atoms with Crippen molar-refractivity contribution in [2.75, 3.05) is 6.26 Å². The Kier molecular flexibility index (Phi) is 2.78. The van der Waals surface area contributed by atoms with E-state index in [9.17, 15) is 22.2 Å². The number of hydrogen-bond acceptors (Lipinski definition) is 5. The molecular weight excluding hydrogens is 279 g/mol. The number of fused-ring (bicyclic) bond motifs is 1. The van der Waals surface area contributed by atoms with E-state index < -0.39 is 28.4 Å². The molecule has 0 aromatic carbocycles. The third-order valence-corrected chi connectivity index (χ3v) is 4.05. The lowest BCUT2D eigenvalue weighted by atomic mass is 10.5. The van der Waals surface area contributed by atoms with E-state index in [0.717, 1.165) is 0 Å². The number of H-pyrrole nitrogens is 1. The summed E-state index contributed by atoms with van der Waals surface area (Å²) in [5, 5.41) is 0. The first-order valence-electron chi connectivity index (χ1n) is 4.10. The van der Waals surface area contributed by atoms with Crippen LogP contribution in [0.15, 0.2) is 9.13 Å². The van der Waals surface area contributed by atoms with Gasteiger partial charge >= 0.3 is 6.18 Å². The van der Waals surface area contributed by atoms with Crippen molar-refractivity contribution in [3.05, 3.63) is 16.2 Å². The van der Waals surface area contributed by atoms with Gasteiger partial charge in [-0.3, -0.25) is 9.00 Å². The van der Waals surface area contributed by atoms with E-state index >= 15 is 0 Å². The molecule has 5 nitrogen and oxygen atoms in total. The molecule has 0 saturated carbocycles. The third-order valence-electron chi connectivity index (χ3n) is 1.76. The number of nitrogens with zero attached hydrogens (tertiary/aromatic N) is 2. The quantitative estimate of drug-likeness (QED) is 0.851. The van der Waals surface area contributed by atoms with Gasteiger partial charge in [0.1, 0.15) is 0 Å². The Hall–Kier alpha value is -1.29. The zero-order chi connectivity index (χ0) is 12.8.